The van der Waals surface area contributed by atoms with Crippen LogP contribution in [0.3, 0.4) is 0 Å². The van der Waals surface area contributed by atoms with Crippen molar-refractivity contribution in [1.29, 1.82) is 0 Å². The van der Waals surface area contributed by atoms with Crippen molar-refractivity contribution in [3.8, 4) is 0 Å². The second kappa shape index (κ2) is 5.64. The zero-order valence-corrected chi connectivity index (χ0v) is 13.2. The highest BCUT2D eigenvalue weighted by atomic mass is 32.2. The van der Waals surface area contributed by atoms with Crippen LogP contribution in [0, 0.1) is 13.8 Å². The molecule has 4 nitrogen and oxygen atoms in total. The van der Waals surface area contributed by atoms with Crippen LogP contribution in [-0.2, 0) is 5.75 Å². The zero-order chi connectivity index (χ0) is 14.2. The number of rotatable bonds is 4. The highest BCUT2D eigenvalue weighted by Gasteiger charge is 2.14. The fourth-order valence-corrected chi connectivity index (χ4v) is 3.61. The van der Waals surface area contributed by atoms with E-state index in [0.29, 0.717) is 11.6 Å². The summed E-state index contributed by atoms with van der Waals surface area (Å²) in [6.45, 7) is 7.92. The molecule has 0 saturated heterocycles. The van der Waals surface area contributed by atoms with E-state index in [1.807, 2.05) is 6.92 Å². The van der Waals surface area contributed by atoms with Crippen molar-refractivity contribution in [2.75, 3.05) is 5.73 Å². The van der Waals surface area contributed by atoms with E-state index in [9.17, 15) is 5.11 Å². The number of nitrogens with zero attached hydrogens (tertiary/aromatic N) is 2. The predicted molar refractivity (Wildman–Crippen MR) is 83.7 cm³/mol. The highest BCUT2D eigenvalue weighted by molar-refractivity contribution is 7.99. The Labute approximate surface area is 121 Å². The molecule has 6 heteroatoms. The lowest BCUT2D eigenvalue weighted by Crippen LogP contribution is -2.15. The maximum absolute atomic E-state index is 9.48. The second-order valence-electron chi connectivity index (χ2n) is 4.75. The van der Waals surface area contributed by atoms with Crippen molar-refractivity contribution in [3.05, 3.63) is 16.3 Å². The number of thioether (sulfide) groups is 1. The monoisotopic (exact) mass is 297 g/mol. The second-order valence-corrected chi connectivity index (χ2v) is 7.31. The molecule has 0 aliphatic rings. The Kier molecular flexibility index (Phi) is 4.32. The Balaban J connectivity index is 2.26. The van der Waals surface area contributed by atoms with Crippen LogP contribution in [0.25, 0.3) is 10.2 Å². The summed E-state index contributed by atoms with van der Waals surface area (Å²) in [5, 5.41) is 10.6. The number of thiophene rings is 1. The number of nitrogen functional groups attached to an aromatic ring is 1. The number of aryl methyl sites for hydroxylation is 2. The predicted octanol–water partition coefficient (Wildman–Crippen LogP) is 2.89. The lowest BCUT2D eigenvalue weighted by molar-refractivity contribution is 0.196. The lowest BCUT2D eigenvalue weighted by Gasteiger charge is -2.13. The van der Waals surface area contributed by atoms with Crippen molar-refractivity contribution in [1.82, 2.24) is 9.97 Å². The van der Waals surface area contributed by atoms with Gasteiger partial charge in [0.15, 0.2) is 0 Å². The number of hydrogen-bond acceptors (Lipinski definition) is 6. The first-order chi connectivity index (χ1) is 8.90. The SMILES string of the molecule is Cc1sc2nc(CSC(C)C(C)O)nc(N)c2c1C. The largest absolute Gasteiger partial charge is 0.392 e. The number of aromatic nitrogens is 2. The minimum Gasteiger partial charge on any atom is -0.392 e. The van der Waals surface area contributed by atoms with Crippen LogP contribution in [0.15, 0.2) is 0 Å². The van der Waals surface area contributed by atoms with Gasteiger partial charge in [0.25, 0.3) is 0 Å². The fourth-order valence-electron chi connectivity index (χ4n) is 1.74. The molecule has 0 amide bonds. The summed E-state index contributed by atoms with van der Waals surface area (Å²) in [5.41, 5.74) is 7.21. The Morgan fingerprint density at radius 2 is 2.00 bits per heavy atom. The summed E-state index contributed by atoms with van der Waals surface area (Å²) in [4.78, 5) is 11.1. The van der Waals surface area contributed by atoms with Crippen molar-refractivity contribution >= 4 is 39.1 Å². The van der Waals surface area contributed by atoms with E-state index in [-0.39, 0.29) is 11.4 Å². The lowest BCUT2D eigenvalue weighted by atomic mass is 10.2. The topological polar surface area (TPSA) is 72.0 Å². The number of nitrogens with two attached hydrogens (primary N) is 1. The molecule has 2 aromatic rings. The van der Waals surface area contributed by atoms with Gasteiger partial charge in [0, 0.05) is 10.1 Å². The molecular formula is C13H19N3OS2. The molecule has 0 aliphatic carbocycles. The standard InChI is InChI=1S/C13H19N3OS2/c1-6-8(3)19-13-11(6)12(14)15-10(16-13)5-18-9(4)7(2)17/h7,9,17H,5H2,1-4H3,(H2,14,15,16). The molecule has 2 heterocycles. The minimum absolute atomic E-state index is 0.160. The molecule has 0 radical (unpaired) electrons. The number of aliphatic hydroxyl groups is 1. The molecule has 2 rings (SSSR count). The van der Waals surface area contributed by atoms with Crippen molar-refractivity contribution in [3.63, 3.8) is 0 Å². The van der Waals surface area contributed by atoms with Gasteiger partial charge in [0.05, 0.1) is 17.2 Å². The van der Waals surface area contributed by atoms with Gasteiger partial charge in [-0.2, -0.15) is 0 Å². The Hall–Kier alpha value is -0.850. The first kappa shape index (κ1) is 14.6. The van der Waals surface area contributed by atoms with Gasteiger partial charge in [-0.25, -0.2) is 9.97 Å². The van der Waals surface area contributed by atoms with Crippen LogP contribution < -0.4 is 5.73 Å². The molecule has 0 spiro atoms. The normalized spacial score (nSPS) is 14.8. The number of anilines is 1. The maximum Gasteiger partial charge on any atom is 0.142 e. The number of aliphatic hydroxyl groups excluding tert-OH is 1. The van der Waals surface area contributed by atoms with Crippen LogP contribution >= 0.6 is 23.1 Å². The maximum atomic E-state index is 9.48. The average molecular weight is 297 g/mol. The molecule has 0 bridgehead atoms. The summed E-state index contributed by atoms with van der Waals surface area (Å²) in [7, 11) is 0. The van der Waals surface area contributed by atoms with Crippen LogP contribution in [0.2, 0.25) is 0 Å². The van der Waals surface area contributed by atoms with Crippen LogP contribution in [-0.4, -0.2) is 26.4 Å². The number of hydrogen-bond donors (Lipinski definition) is 2. The minimum atomic E-state index is -0.336. The summed E-state index contributed by atoms with van der Waals surface area (Å²) < 4.78 is 0. The summed E-state index contributed by atoms with van der Waals surface area (Å²) in [6, 6.07) is 0. The van der Waals surface area contributed by atoms with Gasteiger partial charge < -0.3 is 10.8 Å². The Morgan fingerprint density at radius 3 is 2.63 bits per heavy atom. The zero-order valence-electron chi connectivity index (χ0n) is 11.6. The smallest absolute Gasteiger partial charge is 0.142 e. The van der Waals surface area contributed by atoms with E-state index in [1.165, 1.54) is 10.4 Å². The quantitative estimate of drug-likeness (QED) is 0.908. The molecule has 0 aliphatic heterocycles. The first-order valence-corrected chi connectivity index (χ1v) is 8.08. The molecule has 104 valence electrons. The summed E-state index contributed by atoms with van der Waals surface area (Å²) >= 11 is 3.30. The average Bonchev–Trinajstić information content (AvgIpc) is 2.62. The highest BCUT2D eigenvalue weighted by Crippen LogP contribution is 2.32. The van der Waals surface area contributed by atoms with Crippen molar-refractivity contribution in [2.45, 2.75) is 44.8 Å². The van der Waals surface area contributed by atoms with Crippen LogP contribution in [0.4, 0.5) is 5.82 Å². The number of fused-ring (bicyclic) bond motifs is 1. The first-order valence-electron chi connectivity index (χ1n) is 6.22. The third-order valence-electron chi connectivity index (χ3n) is 3.26. The summed E-state index contributed by atoms with van der Waals surface area (Å²) in [5.74, 6) is 1.97. The molecule has 19 heavy (non-hydrogen) atoms. The third kappa shape index (κ3) is 3.01. The van der Waals surface area contributed by atoms with E-state index in [4.69, 9.17) is 5.73 Å². The van der Waals surface area contributed by atoms with E-state index in [0.717, 1.165) is 16.0 Å². The fraction of sp³-hybridized carbons (Fsp3) is 0.538. The van der Waals surface area contributed by atoms with Gasteiger partial charge in [-0.05, 0) is 26.3 Å². The molecule has 0 fully saturated rings. The van der Waals surface area contributed by atoms with E-state index in [1.54, 1.807) is 30.0 Å². The van der Waals surface area contributed by atoms with E-state index in [2.05, 4.69) is 23.8 Å². The van der Waals surface area contributed by atoms with Crippen LogP contribution in [0.5, 0.6) is 0 Å². The molecule has 0 aromatic carbocycles. The van der Waals surface area contributed by atoms with Crippen molar-refractivity contribution < 1.29 is 5.11 Å². The third-order valence-corrected chi connectivity index (χ3v) is 5.70. The molecule has 2 unspecified atom stereocenters. The molecule has 3 N–H and O–H groups in total. The van der Waals surface area contributed by atoms with Gasteiger partial charge >= 0.3 is 0 Å². The van der Waals surface area contributed by atoms with E-state index < -0.39 is 0 Å². The molecule has 2 aromatic heterocycles. The molecule has 2 atom stereocenters. The van der Waals surface area contributed by atoms with Crippen LogP contribution in [0.1, 0.15) is 30.1 Å². The Bertz CT molecular complexity index is 595. The van der Waals surface area contributed by atoms with E-state index >= 15 is 0 Å². The van der Waals surface area contributed by atoms with Gasteiger partial charge in [0.1, 0.15) is 16.5 Å². The van der Waals surface area contributed by atoms with Gasteiger partial charge in [-0.15, -0.1) is 23.1 Å². The van der Waals surface area contributed by atoms with Gasteiger partial charge in [-0.3, -0.25) is 0 Å². The summed E-state index contributed by atoms with van der Waals surface area (Å²) in [6.07, 6.45) is -0.336. The van der Waals surface area contributed by atoms with Gasteiger partial charge in [-0.1, -0.05) is 6.92 Å². The molecular weight excluding hydrogens is 278 g/mol. The van der Waals surface area contributed by atoms with Gasteiger partial charge in [0.2, 0.25) is 0 Å². The van der Waals surface area contributed by atoms with Crippen molar-refractivity contribution in [2.24, 2.45) is 0 Å². The molecule has 0 saturated carbocycles. The Morgan fingerprint density at radius 1 is 1.32 bits per heavy atom.